The lowest BCUT2D eigenvalue weighted by molar-refractivity contribution is 0.0202. The van der Waals surface area contributed by atoms with E-state index < -0.39 is 0 Å². The van der Waals surface area contributed by atoms with Gasteiger partial charge in [-0.25, -0.2) is 0 Å². The van der Waals surface area contributed by atoms with Crippen LogP contribution in [0.2, 0.25) is 0 Å². The Morgan fingerprint density at radius 2 is 2.09 bits per heavy atom. The quantitative estimate of drug-likeness (QED) is 0.513. The summed E-state index contributed by atoms with van der Waals surface area (Å²) in [5, 5.41) is 0. The van der Waals surface area contributed by atoms with E-state index in [0.717, 1.165) is 12.0 Å². The molecule has 0 aromatic rings. The molecule has 1 aliphatic heterocycles. The van der Waals surface area contributed by atoms with E-state index in [1.54, 1.807) is 0 Å². The molecule has 2 rings (SSSR count). The van der Waals surface area contributed by atoms with Gasteiger partial charge in [-0.1, -0.05) is 6.58 Å². The predicted molar refractivity (Wildman–Crippen MR) is 46.0 cm³/mol. The van der Waals surface area contributed by atoms with Crippen LogP contribution < -0.4 is 0 Å². The van der Waals surface area contributed by atoms with Crippen molar-refractivity contribution in [2.45, 2.75) is 18.9 Å². The van der Waals surface area contributed by atoms with Gasteiger partial charge in [0.2, 0.25) is 0 Å². The van der Waals surface area contributed by atoms with Crippen LogP contribution in [0, 0.1) is 5.92 Å². The minimum absolute atomic E-state index is 0.804. The van der Waals surface area contributed by atoms with E-state index in [1.807, 2.05) is 0 Å². The molecule has 2 heteroatoms. The van der Waals surface area contributed by atoms with E-state index in [9.17, 15) is 0 Å². The van der Waals surface area contributed by atoms with Crippen molar-refractivity contribution < 1.29 is 0 Å². The molecule has 2 fully saturated rings. The van der Waals surface area contributed by atoms with Gasteiger partial charge in [0.05, 0.1) is 5.82 Å². The Balaban J connectivity index is 2.12. The Hall–Kier alpha value is -0.660. The fourth-order valence-corrected chi connectivity index (χ4v) is 2.19. The van der Waals surface area contributed by atoms with E-state index in [1.165, 1.54) is 25.2 Å². The minimum Gasteiger partial charge on any atom is -0.361 e. The van der Waals surface area contributed by atoms with Crippen LogP contribution in [0.5, 0.6) is 0 Å². The summed E-state index contributed by atoms with van der Waals surface area (Å²) >= 11 is 0. The van der Waals surface area contributed by atoms with Crippen LogP contribution in [-0.2, 0) is 0 Å². The molecule has 0 N–H and O–H groups in total. The normalized spacial score (nSPS) is 36.7. The van der Waals surface area contributed by atoms with Crippen molar-refractivity contribution in [2.75, 3.05) is 20.6 Å². The molecule has 2 aliphatic rings. The maximum Gasteiger partial charge on any atom is 0.0962 e. The van der Waals surface area contributed by atoms with Crippen molar-refractivity contribution in [3.63, 3.8) is 0 Å². The summed E-state index contributed by atoms with van der Waals surface area (Å²) in [7, 11) is 4.29. The molecule has 62 valence electrons. The Kier molecular flexibility index (Phi) is 1.38. The van der Waals surface area contributed by atoms with Gasteiger partial charge in [0.25, 0.3) is 0 Å². The highest BCUT2D eigenvalue weighted by Gasteiger charge is 2.39. The smallest absolute Gasteiger partial charge is 0.0962 e. The topological polar surface area (TPSA) is 6.48 Å². The summed E-state index contributed by atoms with van der Waals surface area (Å²) in [4.78, 5) is 4.60. The maximum atomic E-state index is 4.05. The van der Waals surface area contributed by atoms with E-state index in [0.29, 0.717) is 0 Å². The van der Waals surface area contributed by atoms with Gasteiger partial charge in [0.15, 0.2) is 0 Å². The highest BCUT2D eigenvalue weighted by atomic mass is 15.4. The molecule has 0 bridgehead atoms. The van der Waals surface area contributed by atoms with Gasteiger partial charge in [-0.3, -0.25) is 0 Å². The molecule has 2 nitrogen and oxygen atoms in total. The fraction of sp³-hybridized carbons (Fsp3) is 0.778. The summed E-state index contributed by atoms with van der Waals surface area (Å²) in [5.41, 5.74) is 0. The van der Waals surface area contributed by atoms with E-state index in [-0.39, 0.29) is 0 Å². The molecule has 1 unspecified atom stereocenters. The highest BCUT2D eigenvalue weighted by Crippen LogP contribution is 2.37. The number of nitrogens with zero attached hydrogens (tertiary/aromatic N) is 2. The van der Waals surface area contributed by atoms with Crippen molar-refractivity contribution in [3.8, 4) is 0 Å². The first-order chi connectivity index (χ1) is 5.20. The first kappa shape index (κ1) is 7.01. The van der Waals surface area contributed by atoms with Gasteiger partial charge >= 0.3 is 0 Å². The van der Waals surface area contributed by atoms with Gasteiger partial charge in [0, 0.05) is 26.7 Å². The third kappa shape index (κ3) is 0.849. The van der Waals surface area contributed by atoms with Gasteiger partial charge in [-0.2, -0.15) is 0 Å². The second kappa shape index (κ2) is 2.16. The Morgan fingerprint density at radius 1 is 1.36 bits per heavy atom. The average Bonchev–Trinajstić information content (AvgIpc) is 1.93. The molecule has 0 spiro atoms. The van der Waals surface area contributed by atoms with Gasteiger partial charge in [0.1, 0.15) is 0 Å². The maximum absolute atomic E-state index is 4.05. The van der Waals surface area contributed by atoms with Crippen LogP contribution in [0.25, 0.3) is 0 Å². The van der Waals surface area contributed by atoms with Gasteiger partial charge in [-0.05, 0) is 18.8 Å². The SMILES string of the molecule is C=C1N(C)CC2CC[C@@H]2N1C. The van der Waals surface area contributed by atoms with Gasteiger partial charge < -0.3 is 9.80 Å². The molecule has 1 saturated carbocycles. The minimum atomic E-state index is 0.804. The Labute approximate surface area is 68.5 Å². The Bertz CT molecular complexity index is 188. The van der Waals surface area contributed by atoms with Crippen molar-refractivity contribution in [3.05, 3.63) is 12.4 Å². The third-order valence-electron chi connectivity index (χ3n) is 3.23. The lowest BCUT2D eigenvalue weighted by Gasteiger charge is -2.52. The molecule has 0 aromatic carbocycles. The molecule has 0 radical (unpaired) electrons. The number of fused-ring (bicyclic) bond motifs is 1. The van der Waals surface area contributed by atoms with E-state index in [2.05, 4.69) is 30.5 Å². The fourth-order valence-electron chi connectivity index (χ4n) is 2.19. The van der Waals surface area contributed by atoms with Crippen molar-refractivity contribution >= 4 is 0 Å². The summed E-state index contributed by atoms with van der Waals surface area (Å²) in [6, 6.07) is 0.804. The van der Waals surface area contributed by atoms with E-state index in [4.69, 9.17) is 0 Å². The highest BCUT2D eigenvalue weighted by molar-refractivity contribution is 5.05. The van der Waals surface area contributed by atoms with Crippen LogP contribution in [0.1, 0.15) is 12.8 Å². The first-order valence-electron chi connectivity index (χ1n) is 4.33. The molecule has 0 aromatic heterocycles. The first-order valence-corrected chi connectivity index (χ1v) is 4.33. The van der Waals surface area contributed by atoms with Crippen LogP contribution in [0.3, 0.4) is 0 Å². The predicted octanol–water partition coefficient (Wildman–Crippen LogP) is 1.11. The monoisotopic (exact) mass is 152 g/mol. The lowest BCUT2D eigenvalue weighted by Crippen LogP contribution is -2.55. The second-order valence-corrected chi connectivity index (χ2v) is 3.81. The molecule has 2 atom stereocenters. The molecule has 11 heavy (non-hydrogen) atoms. The van der Waals surface area contributed by atoms with Crippen LogP contribution in [-0.4, -0.2) is 36.5 Å². The number of hydrogen-bond acceptors (Lipinski definition) is 2. The zero-order valence-electron chi connectivity index (χ0n) is 7.38. The zero-order chi connectivity index (χ0) is 8.01. The molecular weight excluding hydrogens is 136 g/mol. The molecule has 1 aliphatic carbocycles. The average molecular weight is 152 g/mol. The summed E-state index contributed by atoms with van der Waals surface area (Å²) in [6.45, 7) is 5.26. The van der Waals surface area contributed by atoms with Crippen molar-refractivity contribution in [2.24, 2.45) is 5.92 Å². The number of hydrogen-bond donors (Lipinski definition) is 0. The largest absolute Gasteiger partial charge is 0.361 e. The van der Waals surface area contributed by atoms with Crippen molar-refractivity contribution in [1.29, 1.82) is 0 Å². The van der Waals surface area contributed by atoms with Crippen LogP contribution in [0.4, 0.5) is 0 Å². The molecular formula is C9H16N2. The Morgan fingerprint density at radius 3 is 2.64 bits per heavy atom. The van der Waals surface area contributed by atoms with Crippen LogP contribution >= 0.6 is 0 Å². The van der Waals surface area contributed by atoms with E-state index >= 15 is 0 Å². The summed E-state index contributed by atoms with van der Waals surface area (Å²) in [5.74, 6) is 2.10. The summed E-state index contributed by atoms with van der Waals surface area (Å²) in [6.07, 6.45) is 2.78. The molecule has 1 saturated heterocycles. The van der Waals surface area contributed by atoms with Gasteiger partial charge in [-0.15, -0.1) is 0 Å². The molecule has 0 amide bonds. The molecule has 1 heterocycles. The van der Waals surface area contributed by atoms with Crippen LogP contribution in [0.15, 0.2) is 12.4 Å². The van der Waals surface area contributed by atoms with Crippen molar-refractivity contribution in [1.82, 2.24) is 9.80 Å². The lowest BCUT2D eigenvalue weighted by atomic mass is 9.77. The second-order valence-electron chi connectivity index (χ2n) is 3.81. The zero-order valence-corrected chi connectivity index (χ0v) is 7.38. The number of rotatable bonds is 0. The third-order valence-corrected chi connectivity index (χ3v) is 3.23. The standard InChI is InChI=1S/C9H16N2/c1-7-10(2)6-8-4-5-9(8)11(7)3/h8-9H,1,4-6H2,2-3H3/t8?,9-/m0/s1. The summed E-state index contributed by atoms with van der Waals surface area (Å²) < 4.78 is 0.